The van der Waals surface area contributed by atoms with E-state index in [0.717, 1.165) is 41.6 Å². The molecule has 1 N–H and O–H groups in total. The minimum atomic E-state index is -0.130. The number of hydrogen-bond donors (Lipinski definition) is 1. The van der Waals surface area contributed by atoms with Crippen molar-refractivity contribution >= 4 is 28.5 Å². The first-order valence-corrected chi connectivity index (χ1v) is 10.3. The molecule has 1 saturated carbocycles. The van der Waals surface area contributed by atoms with E-state index in [1.165, 1.54) is 0 Å². The molecule has 156 valence electrons. The number of fused-ring (bicyclic) bond motifs is 1. The van der Waals surface area contributed by atoms with Crippen LogP contribution in [0.3, 0.4) is 0 Å². The maximum Gasteiger partial charge on any atom is 0.260 e. The summed E-state index contributed by atoms with van der Waals surface area (Å²) in [6, 6.07) is 15.0. The zero-order valence-corrected chi connectivity index (χ0v) is 17.3. The third-order valence-corrected chi connectivity index (χ3v) is 5.34. The van der Waals surface area contributed by atoms with Gasteiger partial charge < -0.3 is 19.4 Å². The molecule has 6 nitrogen and oxygen atoms in total. The van der Waals surface area contributed by atoms with Gasteiger partial charge in [0.15, 0.2) is 6.61 Å². The first-order chi connectivity index (χ1) is 14.5. The van der Waals surface area contributed by atoms with Gasteiger partial charge in [-0.1, -0.05) is 31.2 Å². The molecule has 1 heterocycles. The summed E-state index contributed by atoms with van der Waals surface area (Å²) in [5.74, 6) is 1.50. The third kappa shape index (κ3) is 4.48. The van der Waals surface area contributed by atoms with Crippen LogP contribution in [-0.2, 0) is 22.6 Å². The predicted octanol–water partition coefficient (Wildman–Crippen LogP) is 4.38. The summed E-state index contributed by atoms with van der Waals surface area (Å²) in [4.78, 5) is 26.2. The Morgan fingerprint density at radius 2 is 1.97 bits per heavy atom. The lowest BCUT2D eigenvalue weighted by Crippen LogP contribution is -2.31. The molecule has 0 bridgehead atoms. The van der Waals surface area contributed by atoms with Crippen LogP contribution < -0.4 is 10.1 Å². The summed E-state index contributed by atoms with van der Waals surface area (Å²) in [5, 5.41) is 3.93. The van der Waals surface area contributed by atoms with Gasteiger partial charge in [-0.3, -0.25) is 9.59 Å². The van der Waals surface area contributed by atoms with E-state index in [4.69, 9.17) is 9.15 Å². The van der Waals surface area contributed by atoms with Crippen LogP contribution in [0.5, 0.6) is 5.75 Å². The van der Waals surface area contributed by atoms with Crippen LogP contribution in [0.4, 0.5) is 5.69 Å². The fraction of sp³-hybridized carbons (Fsp3) is 0.333. The molecule has 30 heavy (non-hydrogen) atoms. The lowest BCUT2D eigenvalue weighted by molar-refractivity contribution is -0.132. The van der Waals surface area contributed by atoms with Gasteiger partial charge in [0.05, 0.1) is 0 Å². The Morgan fingerprint density at radius 1 is 1.17 bits per heavy atom. The van der Waals surface area contributed by atoms with Crippen molar-refractivity contribution in [3.8, 4) is 5.75 Å². The maximum atomic E-state index is 12.6. The highest BCUT2D eigenvalue weighted by molar-refractivity contribution is 5.94. The molecule has 2 aromatic carbocycles. The topological polar surface area (TPSA) is 71.8 Å². The van der Waals surface area contributed by atoms with Gasteiger partial charge >= 0.3 is 0 Å². The van der Waals surface area contributed by atoms with Crippen molar-refractivity contribution in [2.24, 2.45) is 5.92 Å². The zero-order chi connectivity index (χ0) is 21.1. The van der Waals surface area contributed by atoms with Crippen molar-refractivity contribution < 1.29 is 18.7 Å². The van der Waals surface area contributed by atoms with Crippen LogP contribution in [0.15, 0.2) is 52.9 Å². The van der Waals surface area contributed by atoms with Gasteiger partial charge in [-0.25, -0.2) is 0 Å². The summed E-state index contributed by atoms with van der Waals surface area (Å²) in [7, 11) is 1.76. The number of nitrogens with zero attached hydrogens (tertiary/aromatic N) is 1. The van der Waals surface area contributed by atoms with Crippen LogP contribution in [0.25, 0.3) is 11.0 Å². The highest BCUT2D eigenvalue weighted by Gasteiger charge is 2.29. The first kappa shape index (κ1) is 20.0. The largest absolute Gasteiger partial charge is 0.484 e. The van der Waals surface area contributed by atoms with Crippen LogP contribution in [0, 0.1) is 5.92 Å². The van der Waals surface area contributed by atoms with Gasteiger partial charge in [0.1, 0.15) is 17.1 Å². The first-order valence-electron chi connectivity index (χ1n) is 10.3. The number of hydrogen-bond acceptors (Lipinski definition) is 4. The Bertz CT molecular complexity index is 1070. The van der Waals surface area contributed by atoms with E-state index in [0.29, 0.717) is 18.0 Å². The fourth-order valence-corrected chi connectivity index (χ4v) is 3.44. The summed E-state index contributed by atoms with van der Waals surface area (Å²) < 4.78 is 11.6. The molecule has 3 aromatic rings. The lowest BCUT2D eigenvalue weighted by Gasteiger charge is -2.18. The standard InChI is InChI=1S/C24H26N2O4/c1-3-21-20(19-9-4-5-10-22(19)30-21)14-26(2)23(27)15-29-18-8-6-7-17(13-18)25-24(28)16-11-12-16/h4-10,13,16H,3,11-12,14-15H2,1-2H3,(H,25,28). The molecule has 1 aliphatic carbocycles. The van der Waals surface area contributed by atoms with Crippen molar-refractivity contribution in [1.82, 2.24) is 4.90 Å². The number of rotatable bonds is 8. The van der Waals surface area contributed by atoms with E-state index in [9.17, 15) is 9.59 Å². The Kier molecular flexibility index (Phi) is 5.74. The van der Waals surface area contributed by atoms with E-state index in [1.54, 1.807) is 30.1 Å². The van der Waals surface area contributed by atoms with Crippen molar-refractivity contribution in [2.75, 3.05) is 19.0 Å². The van der Waals surface area contributed by atoms with Crippen molar-refractivity contribution in [2.45, 2.75) is 32.7 Å². The predicted molar refractivity (Wildman–Crippen MR) is 115 cm³/mol. The molecular weight excluding hydrogens is 380 g/mol. The van der Waals surface area contributed by atoms with Gasteiger partial charge in [0, 0.05) is 48.6 Å². The summed E-state index contributed by atoms with van der Waals surface area (Å²) in [6.07, 6.45) is 2.67. The molecule has 1 fully saturated rings. The third-order valence-electron chi connectivity index (χ3n) is 5.34. The van der Waals surface area contributed by atoms with Crippen LogP contribution in [0.2, 0.25) is 0 Å². The van der Waals surface area contributed by atoms with Crippen molar-refractivity contribution in [1.29, 1.82) is 0 Å². The second-order valence-corrected chi connectivity index (χ2v) is 7.68. The number of aryl methyl sites for hydroxylation is 1. The van der Waals surface area contributed by atoms with Crippen LogP contribution >= 0.6 is 0 Å². The van der Waals surface area contributed by atoms with Crippen LogP contribution in [-0.4, -0.2) is 30.4 Å². The van der Waals surface area contributed by atoms with Gasteiger partial charge in [-0.15, -0.1) is 0 Å². The molecule has 0 atom stereocenters. The number of ether oxygens (including phenoxy) is 1. The average molecular weight is 406 g/mol. The number of likely N-dealkylation sites (N-methyl/N-ethyl adjacent to an activating group) is 1. The highest BCUT2D eigenvalue weighted by atomic mass is 16.5. The normalized spacial score (nSPS) is 13.3. The molecule has 0 radical (unpaired) electrons. The Balaban J connectivity index is 1.37. The van der Waals surface area contributed by atoms with Crippen molar-refractivity contribution in [3.05, 3.63) is 59.9 Å². The zero-order valence-electron chi connectivity index (χ0n) is 17.3. The molecule has 1 aromatic heterocycles. The number of nitrogens with one attached hydrogen (secondary N) is 1. The number of amides is 2. The maximum absolute atomic E-state index is 12.6. The average Bonchev–Trinajstić information content (AvgIpc) is 3.55. The van der Waals surface area contributed by atoms with Crippen molar-refractivity contribution in [3.63, 3.8) is 0 Å². The van der Waals surface area contributed by atoms with E-state index in [-0.39, 0.29) is 24.3 Å². The van der Waals surface area contributed by atoms with Gasteiger partial charge in [0.2, 0.25) is 5.91 Å². The monoisotopic (exact) mass is 406 g/mol. The van der Waals surface area contributed by atoms with E-state index in [2.05, 4.69) is 5.32 Å². The number of carbonyl (C=O) groups is 2. The molecule has 2 amide bonds. The minimum absolute atomic E-state index is 0.0435. The molecular formula is C24H26N2O4. The molecule has 1 aliphatic rings. The van der Waals surface area contributed by atoms with Gasteiger partial charge in [-0.2, -0.15) is 0 Å². The summed E-state index contributed by atoms with van der Waals surface area (Å²) >= 11 is 0. The Labute approximate surface area is 175 Å². The summed E-state index contributed by atoms with van der Waals surface area (Å²) in [6.45, 7) is 2.43. The number of carbonyl (C=O) groups excluding carboxylic acids is 2. The number of para-hydroxylation sites is 1. The molecule has 0 unspecified atom stereocenters. The highest BCUT2D eigenvalue weighted by Crippen LogP contribution is 2.31. The molecule has 0 aliphatic heterocycles. The molecule has 0 saturated heterocycles. The molecule has 4 rings (SSSR count). The van der Waals surface area contributed by atoms with E-state index >= 15 is 0 Å². The second kappa shape index (κ2) is 8.61. The fourth-order valence-electron chi connectivity index (χ4n) is 3.44. The smallest absolute Gasteiger partial charge is 0.260 e. The van der Waals surface area contributed by atoms with Crippen LogP contribution in [0.1, 0.15) is 31.1 Å². The summed E-state index contributed by atoms with van der Waals surface area (Å²) in [5.41, 5.74) is 2.56. The second-order valence-electron chi connectivity index (χ2n) is 7.68. The van der Waals surface area contributed by atoms with E-state index in [1.807, 2.05) is 37.3 Å². The van der Waals surface area contributed by atoms with Gasteiger partial charge in [-0.05, 0) is 31.0 Å². The Hall–Kier alpha value is -3.28. The quantitative estimate of drug-likeness (QED) is 0.603. The number of anilines is 1. The molecule has 6 heteroatoms. The van der Waals surface area contributed by atoms with Gasteiger partial charge in [0.25, 0.3) is 5.91 Å². The molecule has 0 spiro atoms. The SMILES string of the molecule is CCc1oc2ccccc2c1CN(C)C(=O)COc1cccc(NC(=O)C2CC2)c1. The minimum Gasteiger partial charge on any atom is -0.484 e. The number of benzene rings is 2. The lowest BCUT2D eigenvalue weighted by atomic mass is 10.1. The van der Waals surface area contributed by atoms with E-state index < -0.39 is 0 Å². The number of furan rings is 1. The Morgan fingerprint density at radius 3 is 2.73 bits per heavy atom.